The Hall–Kier alpha value is -2.54. The number of nitriles is 1. The molecule has 2 aromatic carbocycles. The molecule has 0 aliphatic heterocycles. The van der Waals surface area contributed by atoms with Gasteiger partial charge in [0.15, 0.2) is 0 Å². The molecule has 0 amide bonds. The summed E-state index contributed by atoms with van der Waals surface area (Å²) in [6, 6.07) is 14.0. The van der Waals surface area contributed by atoms with Gasteiger partial charge >= 0.3 is 0 Å². The zero-order chi connectivity index (χ0) is 15.2. The summed E-state index contributed by atoms with van der Waals surface area (Å²) in [4.78, 5) is 0. The van der Waals surface area contributed by atoms with E-state index in [1.807, 2.05) is 44.2 Å². The maximum atomic E-state index is 13.8. The fourth-order valence-corrected chi connectivity index (χ4v) is 1.93. The minimum Gasteiger partial charge on any atom is -0.491 e. The average Bonchev–Trinajstić information content (AvgIpc) is 2.45. The Morgan fingerprint density at radius 1 is 1.24 bits per heavy atom. The van der Waals surface area contributed by atoms with Gasteiger partial charge in [0.1, 0.15) is 11.6 Å². The molecule has 0 fully saturated rings. The first-order chi connectivity index (χ1) is 10.1. The minimum absolute atomic E-state index is 0.115. The number of anilines is 1. The summed E-state index contributed by atoms with van der Waals surface area (Å²) in [6.07, 6.45) is 0.115. The van der Waals surface area contributed by atoms with Crippen LogP contribution in [0.3, 0.4) is 0 Å². The summed E-state index contributed by atoms with van der Waals surface area (Å²) in [5.74, 6) is 0.369. The van der Waals surface area contributed by atoms with Crippen molar-refractivity contribution in [3.05, 3.63) is 59.4 Å². The third kappa shape index (κ3) is 4.22. The lowest BCUT2D eigenvalue weighted by atomic mass is 10.2. The van der Waals surface area contributed by atoms with E-state index in [-0.39, 0.29) is 6.10 Å². The third-order valence-electron chi connectivity index (χ3n) is 2.85. The van der Waals surface area contributed by atoms with Crippen LogP contribution in [0.5, 0.6) is 5.75 Å². The monoisotopic (exact) mass is 284 g/mol. The summed E-state index contributed by atoms with van der Waals surface area (Å²) < 4.78 is 19.4. The molecular weight excluding hydrogens is 267 g/mol. The van der Waals surface area contributed by atoms with Crippen molar-refractivity contribution in [1.29, 1.82) is 5.26 Å². The molecule has 3 nitrogen and oxygen atoms in total. The molecule has 0 aliphatic carbocycles. The van der Waals surface area contributed by atoms with E-state index < -0.39 is 5.82 Å². The van der Waals surface area contributed by atoms with E-state index in [1.54, 1.807) is 12.1 Å². The number of nitrogens with one attached hydrogen (secondary N) is 1. The highest BCUT2D eigenvalue weighted by molar-refractivity contribution is 5.49. The quantitative estimate of drug-likeness (QED) is 0.899. The van der Waals surface area contributed by atoms with Crippen molar-refractivity contribution < 1.29 is 9.13 Å². The van der Waals surface area contributed by atoms with Crippen LogP contribution in [0.4, 0.5) is 10.1 Å². The lowest BCUT2D eigenvalue weighted by molar-refractivity contribution is 0.242. The first-order valence-corrected chi connectivity index (χ1v) is 6.77. The smallest absolute Gasteiger partial charge is 0.147 e. The molecular formula is C17H17FN2O. The lowest BCUT2D eigenvalue weighted by Crippen LogP contribution is -2.06. The second-order valence-corrected chi connectivity index (χ2v) is 4.97. The average molecular weight is 284 g/mol. The minimum atomic E-state index is -0.427. The predicted molar refractivity (Wildman–Crippen MR) is 80.6 cm³/mol. The van der Waals surface area contributed by atoms with Gasteiger partial charge in [-0.25, -0.2) is 4.39 Å². The van der Waals surface area contributed by atoms with Crippen molar-refractivity contribution in [3.8, 4) is 11.8 Å². The van der Waals surface area contributed by atoms with Crippen LogP contribution in [0.15, 0.2) is 42.5 Å². The zero-order valence-electron chi connectivity index (χ0n) is 12.1. The van der Waals surface area contributed by atoms with Crippen molar-refractivity contribution in [2.75, 3.05) is 5.32 Å². The van der Waals surface area contributed by atoms with E-state index in [2.05, 4.69) is 5.32 Å². The number of hydrogen-bond acceptors (Lipinski definition) is 3. The molecule has 0 radical (unpaired) electrons. The molecule has 0 saturated carbocycles. The van der Waals surface area contributed by atoms with E-state index >= 15 is 0 Å². The van der Waals surface area contributed by atoms with Crippen LogP contribution in [-0.4, -0.2) is 6.10 Å². The van der Waals surface area contributed by atoms with Crippen molar-refractivity contribution >= 4 is 5.69 Å². The number of nitrogens with zero attached hydrogens (tertiary/aromatic N) is 1. The van der Waals surface area contributed by atoms with Gasteiger partial charge in [0.2, 0.25) is 0 Å². The molecule has 0 heterocycles. The molecule has 0 unspecified atom stereocenters. The van der Waals surface area contributed by atoms with Gasteiger partial charge in [-0.1, -0.05) is 12.1 Å². The number of rotatable bonds is 5. The standard InChI is InChI=1S/C17H17FN2O/c1-12(2)21-15-5-3-4-14(8-15)11-20-17-7-6-13(10-19)9-16(17)18/h3-9,12,20H,11H2,1-2H3. The van der Waals surface area contributed by atoms with Crippen LogP contribution in [0.2, 0.25) is 0 Å². The van der Waals surface area contributed by atoms with E-state index in [9.17, 15) is 4.39 Å². The molecule has 21 heavy (non-hydrogen) atoms. The van der Waals surface area contributed by atoms with Crippen LogP contribution in [0.1, 0.15) is 25.0 Å². The first-order valence-electron chi connectivity index (χ1n) is 6.77. The summed E-state index contributed by atoms with van der Waals surface area (Å²) in [5.41, 5.74) is 1.69. The second kappa shape index (κ2) is 6.76. The van der Waals surface area contributed by atoms with Crippen LogP contribution < -0.4 is 10.1 Å². The van der Waals surface area contributed by atoms with Gasteiger partial charge in [0, 0.05) is 6.54 Å². The van der Waals surface area contributed by atoms with Crippen LogP contribution >= 0.6 is 0 Å². The number of halogens is 1. The van der Waals surface area contributed by atoms with E-state index in [0.29, 0.717) is 17.8 Å². The predicted octanol–water partition coefficient (Wildman–Crippen LogP) is 4.10. The Balaban J connectivity index is 2.05. The summed E-state index contributed by atoms with van der Waals surface area (Å²) in [7, 11) is 0. The van der Waals surface area contributed by atoms with Crippen LogP contribution in [0, 0.1) is 17.1 Å². The van der Waals surface area contributed by atoms with Gasteiger partial charge in [-0.3, -0.25) is 0 Å². The molecule has 0 atom stereocenters. The summed E-state index contributed by atoms with van der Waals surface area (Å²) >= 11 is 0. The van der Waals surface area contributed by atoms with Crippen LogP contribution in [-0.2, 0) is 6.54 Å². The third-order valence-corrected chi connectivity index (χ3v) is 2.85. The normalized spacial score (nSPS) is 10.2. The topological polar surface area (TPSA) is 45.0 Å². The molecule has 4 heteroatoms. The van der Waals surface area contributed by atoms with Crippen molar-refractivity contribution in [2.45, 2.75) is 26.5 Å². The van der Waals surface area contributed by atoms with Gasteiger partial charge < -0.3 is 10.1 Å². The maximum absolute atomic E-state index is 13.8. The molecule has 108 valence electrons. The maximum Gasteiger partial charge on any atom is 0.147 e. The number of benzene rings is 2. The fraction of sp³-hybridized carbons (Fsp3) is 0.235. The zero-order valence-corrected chi connectivity index (χ0v) is 12.1. The van der Waals surface area contributed by atoms with Crippen molar-refractivity contribution in [3.63, 3.8) is 0 Å². The van der Waals surface area contributed by atoms with Crippen LogP contribution in [0.25, 0.3) is 0 Å². The number of hydrogen-bond donors (Lipinski definition) is 1. The van der Waals surface area contributed by atoms with E-state index in [1.165, 1.54) is 6.07 Å². The van der Waals surface area contributed by atoms with E-state index in [4.69, 9.17) is 10.00 Å². The van der Waals surface area contributed by atoms with Gasteiger partial charge in [0.05, 0.1) is 23.4 Å². The Bertz CT molecular complexity index is 662. The Labute approximate surface area is 124 Å². The SMILES string of the molecule is CC(C)Oc1cccc(CNc2ccc(C#N)cc2F)c1. The Kier molecular flexibility index (Phi) is 4.78. The number of ether oxygens (including phenoxy) is 1. The molecule has 2 rings (SSSR count). The Morgan fingerprint density at radius 2 is 2.05 bits per heavy atom. The summed E-state index contributed by atoms with van der Waals surface area (Å²) in [6.45, 7) is 4.42. The molecule has 2 aromatic rings. The van der Waals surface area contributed by atoms with Gasteiger partial charge in [-0.05, 0) is 49.7 Å². The van der Waals surface area contributed by atoms with Gasteiger partial charge in [-0.15, -0.1) is 0 Å². The molecule has 0 saturated heterocycles. The van der Waals surface area contributed by atoms with Gasteiger partial charge in [-0.2, -0.15) is 5.26 Å². The molecule has 0 spiro atoms. The second-order valence-electron chi connectivity index (χ2n) is 4.97. The van der Waals surface area contributed by atoms with Crippen molar-refractivity contribution in [1.82, 2.24) is 0 Å². The highest BCUT2D eigenvalue weighted by atomic mass is 19.1. The van der Waals surface area contributed by atoms with Crippen molar-refractivity contribution in [2.24, 2.45) is 0 Å². The fourth-order valence-electron chi connectivity index (χ4n) is 1.93. The first kappa shape index (κ1) is 14.9. The summed E-state index contributed by atoms with van der Waals surface area (Å²) in [5, 5.41) is 11.7. The molecule has 1 N–H and O–H groups in total. The Morgan fingerprint density at radius 3 is 2.71 bits per heavy atom. The van der Waals surface area contributed by atoms with Gasteiger partial charge in [0.25, 0.3) is 0 Å². The van der Waals surface area contributed by atoms with E-state index in [0.717, 1.165) is 11.3 Å². The highest BCUT2D eigenvalue weighted by Crippen LogP contribution is 2.19. The largest absolute Gasteiger partial charge is 0.491 e. The molecule has 0 aliphatic rings. The molecule has 0 aromatic heterocycles. The molecule has 0 bridgehead atoms. The highest BCUT2D eigenvalue weighted by Gasteiger charge is 2.04. The lowest BCUT2D eigenvalue weighted by Gasteiger charge is -2.12.